The summed E-state index contributed by atoms with van der Waals surface area (Å²) in [7, 11) is 0. The molecule has 0 aliphatic rings. The van der Waals surface area contributed by atoms with E-state index in [0.717, 1.165) is 24.5 Å². The zero-order chi connectivity index (χ0) is 22.1. The minimum Gasteiger partial charge on any atom is -0.321 e. The summed E-state index contributed by atoms with van der Waals surface area (Å²) in [6.07, 6.45) is 0.581. The quantitative estimate of drug-likeness (QED) is 0.484. The molecule has 0 unspecified atom stereocenters. The number of rotatable bonds is 6. The van der Waals surface area contributed by atoms with Crippen molar-refractivity contribution in [1.29, 1.82) is 0 Å². The van der Waals surface area contributed by atoms with Gasteiger partial charge >= 0.3 is 11.9 Å². The standard InChI is InChI=1S/C18H17F3N6O3/c1-17(2,26-11-15(8-23-26)27(29)30)16(28)24-14-7-22-25(10-14)9-12-4-3-5-13(6-12)18(19,20)21/h3-8,10-11H,9H2,1-2H3,(H,24,28). The SMILES string of the molecule is CC(C)(C(=O)Nc1cnn(Cc2cccc(C(F)(F)F)c2)c1)n1cc([N+](=O)[O-])cn1. The van der Waals surface area contributed by atoms with Gasteiger partial charge in [-0.3, -0.25) is 24.3 Å². The molecule has 2 aromatic heterocycles. The van der Waals surface area contributed by atoms with Crippen molar-refractivity contribution in [3.05, 3.63) is 70.3 Å². The number of aromatic nitrogens is 4. The average molecular weight is 422 g/mol. The Balaban J connectivity index is 1.70. The van der Waals surface area contributed by atoms with Crippen LogP contribution in [0.1, 0.15) is 25.0 Å². The lowest BCUT2D eigenvalue weighted by atomic mass is 10.1. The largest absolute Gasteiger partial charge is 0.416 e. The van der Waals surface area contributed by atoms with Crippen molar-refractivity contribution in [2.75, 3.05) is 5.32 Å². The normalized spacial score (nSPS) is 12.0. The Labute approximate surface area is 168 Å². The maximum atomic E-state index is 12.8. The first-order valence-corrected chi connectivity index (χ1v) is 8.66. The van der Waals surface area contributed by atoms with Crippen LogP contribution in [0.2, 0.25) is 0 Å². The van der Waals surface area contributed by atoms with Crippen LogP contribution in [0.15, 0.2) is 49.1 Å². The Morgan fingerprint density at radius 3 is 2.57 bits per heavy atom. The molecule has 1 aromatic carbocycles. The highest BCUT2D eigenvalue weighted by molar-refractivity contribution is 5.95. The topological polar surface area (TPSA) is 108 Å². The van der Waals surface area contributed by atoms with Crippen LogP contribution in [0.5, 0.6) is 0 Å². The van der Waals surface area contributed by atoms with E-state index >= 15 is 0 Å². The van der Waals surface area contributed by atoms with Gasteiger partial charge in [-0.05, 0) is 31.5 Å². The fourth-order valence-electron chi connectivity index (χ4n) is 2.65. The second-order valence-corrected chi connectivity index (χ2v) is 7.04. The average Bonchev–Trinajstić information content (AvgIpc) is 3.31. The number of anilines is 1. The van der Waals surface area contributed by atoms with Crippen LogP contribution >= 0.6 is 0 Å². The van der Waals surface area contributed by atoms with E-state index in [-0.39, 0.29) is 12.2 Å². The first kappa shape index (κ1) is 21.0. The van der Waals surface area contributed by atoms with Crippen LogP contribution in [-0.2, 0) is 23.1 Å². The lowest BCUT2D eigenvalue weighted by Crippen LogP contribution is -2.40. The maximum absolute atomic E-state index is 12.8. The lowest BCUT2D eigenvalue weighted by molar-refractivity contribution is -0.385. The van der Waals surface area contributed by atoms with E-state index in [9.17, 15) is 28.1 Å². The van der Waals surface area contributed by atoms with Gasteiger partial charge in [-0.2, -0.15) is 23.4 Å². The number of carbonyl (C=O) groups is 1. The number of carbonyl (C=O) groups excluding carboxylic acids is 1. The van der Waals surface area contributed by atoms with Crippen molar-refractivity contribution in [2.45, 2.75) is 32.1 Å². The van der Waals surface area contributed by atoms with Crippen LogP contribution in [0.4, 0.5) is 24.5 Å². The molecule has 2 heterocycles. The number of alkyl halides is 3. The molecular formula is C18H17F3N6O3. The maximum Gasteiger partial charge on any atom is 0.416 e. The number of nitro groups is 1. The summed E-state index contributed by atoms with van der Waals surface area (Å²) in [4.78, 5) is 22.8. The molecule has 0 saturated heterocycles. The molecule has 0 aliphatic heterocycles. The Hall–Kier alpha value is -3.70. The number of benzene rings is 1. The van der Waals surface area contributed by atoms with E-state index in [1.54, 1.807) is 6.07 Å². The van der Waals surface area contributed by atoms with Crippen molar-refractivity contribution in [3.8, 4) is 0 Å². The Kier molecular flexibility index (Phi) is 5.33. The monoisotopic (exact) mass is 422 g/mol. The zero-order valence-corrected chi connectivity index (χ0v) is 15.9. The van der Waals surface area contributed by atoms with Gasteiger partial charge in [-0.15, -0.1) is 0 Å². The molecule has 12 heteroatoms. The number of hydrogen-bond acceptors (Lipinski definition) is 5. The second-order valence-electron chi connectivity index (χ2n) is 7.04. The van der Waals surface area contributed by atoms with Crippen molar-refractivity contribution < 1.29 is 22.9 Å². The molecule has 0 saturated carbocycles. The Morgan fingerprint density at radius 2 is 1.93 bits per heavy atom. The van der Waals surface area contributed by atoms with Gasteiger partial charge in [0.2, 0.25) is 0 Å². The molecule has 158 valence electrons. The van der Waals surface area contributed by atoms with Crippen molar-refractivity contribution in [1.82, 2.24) is 19.6 Å². The third-order valence-electron chi connectivity index (χ3n) is 4.40. The molecule has 0 aliphatic carbocycles. The Bertz CT molecular complexity index is 1090. The highest BCUT2D eigenvalue weighted by atomic mass is 19.4. The summed E-state index contributed by atoms with van der Waals surface area (Å²) in [5.41, 5.74) is -1.52. The first-order valence-electron chi connectivity index (χ1n) is 8.66. The first-order chi connectivity index (χ1) is 14.0. The van der Waals surface area contributed by atoms with Crippen LogP contribution in [0.3, 0.4) is 0 Å². The highest BCUT2D eigenvalue weighted by Crippen LogP contribution is 2.29. The van der Waals surface area contributed by atoms with E-state index in [1.165, 1.54) is 41.7 Å². The predicted molar refractivity (Wildman–Crippen MR) is 99.6 cm³/mol. The molecule has 0 atom stereocenters. The van der Waals surface area contributed by atoms with Gasteiger partial charge in [0.1, 0.15) is 17.9 Å². The number of nitrogens with zero attached hydrogens (tertiary/aromatic N) is 5. The molecule has 3 rings (SSSR count). The fraction of sp³-hybridized carbons (Fsp3) is 0.278. The summed E-state index contributed by atoms with van der Waals surface area (Å²) in [6.45, 7) is 3.15. The minimum absolute atomic E-state index is 0.0779. The van der Waals surface area contributed by atoms with Gasteiger partial charge in [-0.1, -0.05) is 12.1 Å². The molecule has 1 N–H and O–H groups in total. The molecular weight excluding hydrogens is 405 g/mol. The van der Waals surface area contributed by atoms with E-state index in [0.29, 0.717) is 11.3 Å². The van der Waals surface area contributed by atoms with Gasteiger partial charge < -0.3 is 5.32 Å². The van der Waals surface area contributed by atoms with E-state index in [2.05, 4.69) is 15.5 Å². The number of halogens is 3. The lowest BCUT2D eigenvalue weighted by Gasteiger charge is -2.23. The minimum atomic E-state index is -4.44. The molecule has 0 spiro atoms. The van der Waals surface area contributed by atoms with Gasteiger partial charge in [0, 0.05) is 6.20 Å². The van der Waals surface area contributed by atoms with Crippen LogP contribution < -0.4 is 5.32 Å². The fourth-order valence-corrected chi connectivity index (χ4v) is 2.65. The molecule has 0 fully saturated rings. The van der Waals surface area contributed by atoms with Gasteiger partial charge in [-0.25, -0.2) is 0 Å². The number of hydrogen-bond donors (Lipinski definition) is 1. The molecule has 30 heavy (non-hydrogen) atoms. The van der Waals surface area contributed by atoms with E-state index in [4.69, 9.17) is 0 Å². The molecule has 0 radical (unpaired) electrons. The van der Waals surface area contributed by atoms with Crippen molar-refractivity contribution >= 4 is 17.3 Å². The zero-order valence-electron chi connectivity index (χ0n) is 15.9. The van der Waals surface area contributed by atoms with Gasteiger partial charge in [0.05, 0.1) is 28.9 Å². The summed E-state index contributed by atoms with van der Waals surface area (Å²) in [6, 6.07) is 4.88. The smallest absolute Gasteiger partial charge is 0.321 e. The van der Waals surface area contributed by atoms with Gasteiger partial charge in [0.25, 0.3) is 5.91 Å². The third-order valence-corrected chi connectivity index (χ3v) is 4.40. The van der Waals surface area contributed by atoms with Crippen LogP contribution in [-0.4, -0.2) is 30.4 Å². The summed E-state index contributed by atoms with van der Waals surface area (Å²) in [5.74, 6) is -0.501. The van der Waals surface area contributed by atoms with E-state index < -0.39 is 28.1 Å². The van der Waals surface area contributed by atoms with Crippen LogP contribution in [0.25, 0.3) is 0 Å². The van der Waals surface area contributed by atoms with Gasteiger partial charge in [0.15, 0.2) is 0 Å². The number of amides is 1. The molecule has 1 amide bonds. The summed E-state index contributed by atoms with van der Waals surface area (Å²) >= 11 is 0. The molecule has 3 aromatic rings. The molecule has 9 nitrogen and oxygen atoms in total. The molecule has 0 bridgehead atoms. The van der Waals surface area contributed by atoms with Crippen molar-refractivity contribution in [2.24, 2.45) is 0 Å². The predicted octanol–water partition coefficient (Wildman–Crippen LogP) is 3.43. The Morgan fingerprint density at radius 1 is 1.20 bits per heavy atom. The van der Waals surface area contributed by atoms with E-state index in [1.807, 2.05) is 0 Å². The summed E-state index contributed by atoms with van der Waals surface area (Å²) < 4.78 is 41.1. The van der Waals surface area contributed by atoms with Crippen LogP contribution in [0, 0.1) is 10.1 Å². The summed E-state index contributed by atoms with van der Waals surface area (Å²) in [5, 5.41) is 21.3. The van der Waals surface area contributed by atoms with Crippen molar-refractivity contribution in [3.63, 3.8) is 0 Å². The third kappa shape index (κ3) is 4.47. The highest BCUT2D eigenvalue weighted by Gasteiger charge is 2.32. The number of nitrogens with one attached hydrogen (secondary N) is 1. The second kappa shape index (κ2) is 7.61.